The molecule has 0 aliphatic carbocycles. The van der Waals surface area contributed by atoms with Crippen LogP contribution >= 0.6 is 22.7 Å². The van der Waals surface area contributed by atoms with Crippen molar-refractivity contribution < 1.29 is 0 Å². The number of rotatable bonds is 12. The first-order valence-electron chi connectivity index (χ1n) is 16.1. The first kappa shape index (κ1) is 29.1. The summed E-state index contributed by atoms with van der Waals surface area (Å²) in [6.45, 7) is 9.20. The van der Waals surface area contributed by atoms with E-state index >= 15 is 0 Å². The van der Waals surface area contributed by atoms with Crippen molar-refractivity contribution in [3.8, 4) is 0 Å². The smallest absolute Gasteiger partial charge is 0.0381 e. The fourth-order valence-corrected chi connectivity index (χ4v) is 8.64. The summed E-state index contributed by atoms with van der Waals surface area (Å²) in [4.78, 5) is 3.00. The molecule has 2 aromatic heterocycles. The molecule has 6 aromatic rings. The van der Waals surface area contributed by atoms with Gasteiger partial charge in [-0.1, -0.05) is 75.2 Å². The molecule has 0 saturated carbocycles. The molecule has 0 amide bonds. The summed E-state index contributed by atoms with van der Waals surface area (Å²) in [5.41, 5.74) is 8.73. The van der Waals surface area contributed by atoms with Crippen LogP contribution in [0.1, 0.15) is 82.7 Å². The molecule has 42 heavy (non-hydrogen) atoms. The van der Waals surface area contributed by atoms with Crippen LogP contribution in [0, 0.1) is 13.8 Å². The Hall–Kier alpha value is -2.94. The van der Waals surface area contributed by atoms with E-state index in [9.17, 15) is 0 Å². The largest absolute Gasteiger partial charge is 0.140 e. The summed E-state index contributed by atoms with van der Waals surface area (Å²) < 4.78 is 2.92. The van der Waals surface area contributed by atoms with Gasteiger partial charge < -0.3 is 0 Å². The van der Waals surface area contributed by atoms with Crippen molar-refractivity contribution in [1.82, 2.24) is 0 Å². The second kappa shape index (κ2) is 13.1. The highest BCUT2D eigenvalue weighted by atomic mass is 32.1. The van der Waals surface area contributed by atoms with Crippen LogP contribution in [0.2, 0.25) is 0 Å². The Labute approximate surface area is 260 Å². The van der Waals surface area contributed by atoms with Crippen LogP contribution in [0.3, 0.4) is 0 Å². The second-order valence-corrected chi connectivity index (χ2v) is 14.5. The van der Waals surface area contributed by atoms with Gasteiger partial charge in [-0.05, 0) is 144 Å². The lowest BCUT2D eigenvalue weighted by Gasteiger charge is -2.08. The number of fused-ring (bicyclic) bond motifs is 3. The molecule has 2 heterocycles. The van der Waals surface area contributed by atoms with E-state index in [-0.39, 0.29) is 0 Å². The standard InChI is InChI=1S/C40H44S2/c1-5-7-9-29-11-15-31(16-12-29)19-21-35-23-33-25-37-28(4)40-34(26-38(37)27(3)39(33)41-35)24-36(42-40)22-20-32-17-13-30(14-18-32)10-8-6-2/h11-18,23-26H,5-10,19-22H2,1-4H3. The Morgan fingerprint density at radius 1 is 0.452 bits per heavy atom. The van der Waals surface area contributed by atoms with E-state index in [1.54, 1.807) is 0 Å². The van der Waals surface area contributed by atoms with Crippen molar-refractivity contribution in [1.29, 1.82) is 0 Å². The average molecular weight is 589 g/mol. The van der Waals surface area contributed by atoms with Gasteiger partial charge in [0.2, 0.25) is 0 Å². The maximum Gasteiger partial charge on any atom is 0.0381 e. The van der Waals surface area contributed by atoms with E-state index in [2.05, 4.69) is 100 Å². The summed E-state index contributed by atoms with van der Waals surface area (Å²) >= 11 is 4.00. The molecule has 4 aromatic carbocycles. The number of hydrogen-bond donors (Lipinski definition) is 0. The molecule has 0 bridgehead atoms. The molecule has 0 N–H and O–H groups in total. The fourth-order valence-electron chi connectivity index (χ4n) is 6.34. The number of benzene rings is 4. The van der Waals surface area contributed by atoms with Crippen molar-refractivity contribution in [2.24, 2.45) is 0 Å². The quantitative estimate of drug-likeness (QED) is 0.133. The molecule has 0 nitrogen and oxygen atoms in total. The predicted molar refractivity (Wildman–Crippen MR) is 189 cm³/mol. The van der Waals surface area contributed by atoms with E-state index in [4.69, 9.17) is 0 Å². The minimum Gasteiger partial charge on any atom is -0.140 e. The summed E-state index contributed by atoms with van der Waals surface area (Å²) in [5.74, 6) is 0. The maximum atomic E-state index is 2.47. The molecule has 0 aliphatic heterocycles. The van der Waals surface area contributed by atoms with Gasteiger partial charge >= 0.3 is 0 Å². The summed E-state index contributed by atoms with van der Waals surface area (Å²) in [6.07, 6.45) is 11.9. The Morgan fingerprint density at radius 3 is 1.17 bits per heavy atom. The number of hydrogen-bond acceptors (Lipinski definition) is 2. The van der Waals surface area contributed by atoms with Gasteiger partial charge in [0.05, 0.1) is 0 Å². The normalized spacial score (nSPS) is 11.8. The number of thiophene rings is 2. The number of unbranched alkanes of at least 4 members (excludes halogenated alkanes) is 2. The van der Waals surface area contributed by atoms with Crippen LogP contribution in [-0.4, -0.2) is 0 Å². The third kappa shape index (κ3) is 6.36. The van der Waals surface area contributed by atoms with Crippen molar-refractivity contribution in [2.45, 2.75) is 91.9 Å². The minimum atomic E-state index is 1.11. The highest BCUT2D eigenvalue weighted by Gasteiger charge is 2.14. The topological polar surface area (TPSA) is 0 Å². The lowest BCUT2D eigenvalue weighted by molar-refractivity contribution is 0.794. The van der Waals surface area contributed by atoms with E-state index in [0.29, 0.717) is 0 Å². The molecule has 0 atom stereocenters. The van der Waals surface area contributed by atoms with Crippen molar-refractivity contribution in [3.05, 3.63) is 116 Å². The van der Waals surface area contributed by atoms with Crippen LogP contribution in [-0.2, 0) is 38.5 Å². The first-order valence-corrected chi connectivity index (χ1v) is 17.7. The molecule has 216 valence electrons. The van der Waals surface area contributed by atoms with Crippen LogP contribution in [0.5, 0.6) is 0 Å². The summed E-state index contributed by atoms with van der Waals surface area (Å²) in [5, 5.41) is 5.68. The van der Waals surface area contributed by atoms with Crippen molar-refractivity contribution >= 4 is 53.6 Å². The van der Waals surface area contributed by atoms with Crippen molar-refractivity contribution in [3.63, 3.8) is 0 Å². The van der Waals surface area contributed by atoms with Crippen LogP contribution in [0.15, 0.2) is 72.8 Å². The molecule has 2 heteroatoms. The minimum absolute atomic E-state index is 1.11. The molecule has 0 spiro atoms. The lowest BCUT2D eigenvalue weighted by atomic mass is 9.97. The Balaban J connectivity index is 1.19. The maximum absolute atomic E-state index is 2.47. The van der Waals surface area contributed by atoms with Gasteiger partial charge in [0, 0.05) is 19.2 Å². The monoisotopic (exact) mass is 588 g/mol. The molecule has 0 fully saturated rings. The molecule has 0 unspecified atom stereocenters. The highest BCUT2D eigenvalue weighted by molar-refractivity contribution is 7.19. The zero-order chi connectivity index (χ0) is 29.1. The van der Waals surface area contributed by atoms with E-state index in [1.165, 1.54) is 113 Å². The third-order valence-electron chi connectivity index (χ3n) is 9.01. The van der Waals surface area contributed by atoms with Crippen LogP contribution in [0.25, 0.3) is 30.9 Å². The third-order valence-corrected chi connectivity index (χ3v) is 11.7. The fraction of sp³-hybridized carbons (Fsp3) is 0.350. The molecule has 0 saturated heterocycles. The molecule has 0 radical (unpaired) electrons. The Kier molecular flexibility index (Phi) is 9.12. The van der Waals surface area contributed by atoms with E-state index in [0.717, 1.165) is 25.7 Å². The molecular formula is C40H44S2. The Morgan fingerprint density at radius 2 is 0.810 bits per heavy atom. The molecular weight excluding hydrogens is 545 g/mol. The number of aryl methyl sites for hydroxylation is 8. The van der Waals surface area contributed by atoms with Gasteiger partial charge in [-0.15, -0.1) is 22.7 Å². The van der Waals surface area contributed by atoms with Gasteiger partial charge in [-0.2, -0.15) is 0 Å². The van der Waals surface area contributed by atoms with Gasteiger partial charge in [-0.25, -0.2) is 0 Å². The van der Waals surface area contributed by atoms with E-state index in [1.807, 2.05) is 22.7 Å². The molecule has 6 rings (SSSR count). The zero-order valence-corrected chi connectivity index (χ0v) is 27.4. The van der Waals surface area contributed by atoms with Crippen molar-refractivity contribution in [2.75, 3.05) is 0 Å². The van der Waals surface area contributed by atoms with Crippen LogP contribution < -0.4 is 0 Å². The molecule has 0 aliphatic rings. The SMILES string of the molecule is CCCCc1ccc(CCc2cc3cc4c(C)c5sc(CCc6ccc(CCCC)cc6)cc5cc4c(C)c3s2)cc1. The highest BCUT2D eigenvalue weighted by Crippen LogP contribution is 2.40. The zero-order valence-electron chi connectivity index (χ0n) is 25.8. The first-order chi connectivity index (χ1) is 20.5. The van der Waals surface area contributed by atoms with Gasteiger partial charge in [0.1, 0.15) is 0 Å². The summed E-state index contributed by atoms with van der Waals surface area (Å²) in [6, 6.07) is 28.5. The lowest BCUT2D eigenvalue weighted by Crippen LogP contribution is -1.90. The Bertz CT molecular complexity index is 1660. The van der Waals surface area contributed by atoms with Gasteiger partial charge in [0.25, 0.3) is 0 Å². The average Bonchev–Trinajstić information content (AvgIpc) is 3.63. The van der Waals surface area contributed by atoms with E-state index < -0.39 is 0 Å². The predicted octanol–water partition coefficient (Wildman–Crippen LogP) is 12.1. The second-order valence-electron chi connectivity index (χ2n) is 12.2. The van der Waals surface area contributed by atoms with Gasteiger partial charge in [0.15, 0.2) is 0 Å². The van der Waals surface area contributed by atoms with Crippen LogP contribution in [0.4, 0.5) is 0 Å². The summed E-state index contributed by atoms with van der Waals surface area (Å²) in [7, 11) is 0. The van der Waals surface area contributed by atoms with Gasteiger partial charge in [-0.3, -0.25) is 0 Å².